The molecule has 2 aromatic carbocycles. The molecule has 3 N–H and O–H groups in total. The third-order valence-corrected chi connectivity index (χ3v) is 5.76. The highest BCUT2D eigenvalue weighted by molar-refractivity contribution is 7.97. The maximum atomic E-state index is 14.7. The molecule has 1 unspecified atom stereocenters. The highest BCUT2D eigenvalue weighted by atomic mass is 35.5. The number of benzene rings is 2. The van der Waals surface area contributed by atoms with Gasteiger partial charge < -0.3 is 19.9 Å². The molecule has 2 aromatic rings. The van der Waals surface area contributed by atoms with Gasteiger partial charge in [0, 0.05) is 29.8 Å². The molecule has 0 fully saturated rings. The summed E-state index contributed by atoms with van der Waals surface area (Å²) >= 11 is 7.03. The fourth-order valence-electron chi connectivity index (χ4n) is 3.05. The fourth-order valence-corrected chi connectivity index (χ4v) is 3.90. The lowest BCUT2D eigenvalue weighted by Gasteiger charge is -2.14. The molecule has 6 nitrogen and oxygen atoms in total. The van der Waals surface area contributed by atoms with E-state index in [4.69, 9.17) is 21.4 Å². The minimum absolute atomic E-state index is 0.0457. The van der Waals surface area contributed by atoms with Crippen molar-refractivity contribution in [1.29, 1.82) is 0 Å². The van der Waals surface area contributed by atoms with Gasteiger partial charge in [0.15, 0.2) is 11.6 Å². The summed E-state index contributed by atoms with van der Waals surface area (Å²) in [5, 5.41) is 12.2. The summed E-state index contributed by atoms with van der Waals surface area (Å²) in [6.07, 6.45) is 4.93. The number of carbonyl (C=O) groups is 1. The first-order chi connectivity index (χ1) is 15.8. The predicted octanol–water partition coefficient (Wildman–Crippen LogP) is 5.57. The van der Waals surface area contributed by atoms with Gasteiger partial charge in [-0.3, -0.25) is 4.79 Å². The van der Waals surface area contributed by atoms with Crippen LogP contribution in [0.15, 0.2) is 52.1 Å². The first-order valence-corrected chi connectivity index (χ1v) is 11.6. The second-order valence-corrected chi connectivity index (χ2v) is 8.74. The number of carboxylic acid groups (broad SMARTS) is 1. The molecule has 1 aliphatic rings. The first kappa shape index (κ1) is 25.0. The normalized spacial score (nSPS) is 14.9. The third kappa shape index (κ3) is 7.73. The molecule has 0 radical (unpaired) electrons. The van der Waals surface area contributed by atoms with Crippen molar-refractivity contribution in [2.24, 2.45) is 10.9 Å². The van der Waals surface area contributed by atoms with Crippen molar-refractivity contribution in [3.05, 3.63) is 64.4 Å². The van der Waals surface area contributed by atoms with Crippen LogP contribution in [-0.4, -0.2) is 30.4 Å². The summed E-state index contributed by atoms with van der Waals surface area (Å²) in [6.45, 7) is 2.94. The Labute approximate surface area is 200 Å². The van der Waals surface area contributed by atoms with E-state index >= 15 is 0 Å². The molecular weight excluding hydrogens is 472 g/mol. The highest BCUT2D eigenvalue weighted by Gasteiger charge is 2.16. The average Bonchev–Trinajstić information content (AvgIpc) is 3.18. The van der Waals surface area contributed by atoms with Crippen molar-refractivity contribution >= 4 is 35.7 Å². The van der Waals surface area contributed by atoms with E-state index in [9.17, 15) is 13.6 Å². The number of rotatable bonds is 12. The standard InChI is InChI=1S/C23H24ClF2N3O3S/c1-14-9-22(28-13-14)29-33-21-12-17(25)20(11-18(21)26)32-19-5-4-16(24)10-15(19)3-2-7-27-8-6-23(30)31/h4-5,9-14,27,29H,2-3,6-8H2,1H3,(H,30,31). The van der Waals surface area contributed by atoms with E-state index in [0.29, 0.717) is 42.5 Å². The number of nitrogens with one attached hydrogen (secondary N) is 2. The Bertz CT molecular complexity index is 1070. The number of nitrogens with zero attached hydrogens (tertiary/aromatic N) is 1. The summed E-state index contributed by atoms with van der Waals surface area (Å²) in [4.78, 5) is 14.8. The van der Waals surface area contributed by atoms with Crippen molar-refractivity contribution in [1.82, 2.24) is 10.0 Å². The molecule has 10 heteroatoms. The quantitative estimate of drug-likeness (QED) is 0.264. The minimum Gasteiger partial charge on any atom is -0.481 e. The second kappa shape index (κ2) is 12.0. The Morgan fingerprint density at radius 3 is 2.76 bits per heavy atom. The number of aliphatic imine (C=N–C) groups is 1. The Hall–Kier alpha value is -2.62. The lowest BCUT2D eigenvalue weighted by molar-refractivity contribution is -0.136. The van der Waals surface area contributed by atoms with Gasteiger partial charge in [-0.15, -0.1) is 0 Å². The van der Waals surface area contributed by atoms with E-state index in [2.05, 4.69) is 15.0 Å². The van der Waals surface area contributed by atoms with Crippen molar-refractivity contribution in [3.63, 3.8) is 0 Å². The lowest BCUT2D eigenvalue weighted by Crippen LogP contribution is -2.19. The molecule has 1 heterocycles. The molecule has 0 aromatic heterocycles. The second-order valence-electron chi connectivity index (χ2n) is 7.46. The number of aryl methyl sites for hydroxylation is 1. The van der Waals surface area contributed by atoms with Crippen LogP contribution in [0, 0.1) is 17.6 Å². The van der Waals surface area contributed by atoms with E-state index in [1.807, 2.05) is 13.0 Å². The Kier molecular flexibility index (Phi) is 9.11. The molecule has 176 valence electrons. The lowest BCUT2D eigenvalue weighted by atomic mass is 10.1. The number of hydrogen-bond acceptors (Lipinski definition) is 6. The van der Waals surface area contributed by atoms with Crippen LogP contribution in [-0.2, 0) is 11.2 Å². The molecule has 1 aliphatic heterocycles. The van der Waals surface area contributed by atoms with Crippen LogP contribution in [0.5, 0.6) is 11.5 Å². The van der Waals surface area contributed by atoms with Crippen molar-refractivity contribution in [2.75, 3.05) is 13.1 Å². The van der Waals surface area contributed by atoms with Gasteiger partial charge in [0.25, 0.3) is 0 Å². The minimum atomic E-state index is -0.860. The maximum Gasteiger partial charge on any atom is 0.304 e. The van der Waals surface area contributed by atoms with Crippen LogP contribution in [0.3, 0.4) is 0 Å². The van der Waals surface area contributed by atoms with Gasteiger partial charge in [0.05, 0.1) is 11.3 Å². The van der Waals surface area contributed by atoms with E-state index < -0.39 is 17.6 Å². The van der Waals surface area contributed by atoms with Gasteiger partial charge in [-0.05, 0) is 67.2 Å². The van der Waals surface area contributed by atoms with Gasteiger partial charge in [-0.1, -0.05) is 18.5 Å². The Morgan fingerprint density at radius 2 is 2.03 bits per heavy atom. The fraction of sp³-hybridized carbons (Fsp3) is 0.304. The summed E-state index contributed by atoms with van der Waals surface area (Å²) < 4.78 is 37.9. The van der Waals surface area contributed by atoms with Crippen LogP contribution < -0.4 is 14.8 Å². The average molecular weight is 496 g/mol. The highest BCUT2D eigenvalue weighted by Crippen LogP contribution is 2.33. The van der Waals surface area contributed by atoms with E-state index in [1.165, 1.54) is 0 Å². The number of ether oxygens (including phenoxy) is 1. The molecule has 3 rings (SSSR count). The van der Waals surface area contributed by atoms with Gasteiger partial charge in [0.2, 0.25) is 0 Å². The zero-order valence-electron chi connectivity index (χ0n) is 17.9. The maximum absolute atomic E-state index is 14.7. The number of halogens is 3. The van der Waals surface area contributed by atoms with Crippen molar-refractivity contribution < 1.29 is 23.4 Å². The van der Waals surface area contributed by atoms with Crippen LogP contribution in [0.25, 0.3) is 0 Å². The van der Waals surface area contributed by atoms with Crippen LogP contribution in [0.4, 0.5) is 8.78 Å². The summed E-state index contributed by atoms with van der Waals surface area (Å²) in [6, 6.07) is 7.04. The number of hydrogen-bond donors (Lipinski definition) is 3. The van der Waals surface area contributed by atoms with Crippen LogP contribution in [0.2, 0.25) is 5.02 Å². The number of carboxylic acids is 1. The predicted molar refractivity (Wildman–Crippen MR) is 126 cm³/mol. The molecule has 0 saturated carbocycles. The number of aliphatic carboxylic acids is 1. The summed E-state index contributed by atoms with van der Waals surface area (Å²) in [7, 11) is 0. The van der Waals surface area contributed by atoms with E-state index in [1.54, 1.807) is 24.4 Å². The number of allylic oxidation sites excluding steroid dienone is 1. The zero-order valence-corrected chi connectivity index (χ0v) is 19.5. The van der Waals surface area contributed by atoms with Gasteiger partial charge in [-0.25, -0.2) is 13.8 Å². The Balaban J connectivity index is 1.63. The SMILES string of the molecule is CC1C=NC(NSc2cc(F)c(Oc3ccc(Cl)cc3CCCNCCC(=O)O)cc2F)=C1. The molecule has 1 atom stereocenters. The molecule has 33 heavy (non-hydrogen) atoms. The smallest absolute Gasteiger partial charge is 0.304 e. The molecule has 0 bridgehead atoms. The van der Waals surface area contributed by atoms with Crippen molar-refractivity contribution in [3.8, 4) is 11.5 Å². The van der Waals surface area contributed by atoms with Crippen LogP contribution >= 0.6 is 23.5 Å². The topological polar surface area (TPSA) is 83.0 Å². The first-order valence-electron chi connectivity index (χ1n) is 10.4. The molecule has 0 aliphatic carbocycles. The van der Waals surface area contributed by atoms with E-state index in [-0.39, 0.29) is 23.0 Å². The van der Waals surface area contributed by atoms with Gasteiger partial charge in [0.1, 0.15) is 17.4 Å². The molecule has 0 spiro atoms. The molecule has 0 amide bonds. The van der Waals surface area contributed by atoms with E-state index in [0.717, 1.165) is 29.6 Å². The third-order valence-electron chi connectivity index (χ3n) is 4.68. The summed E-state index contributed by atoms with van der Waals surface area (Å²) in [5.41, 5.74) is 0.739. The van der Waals surface area contributed by atoms with Gasteiger partial charge >= 0.3 is 5.97 Å². The zero-order chi connectivity index (χ0) is 23.8. The van der Waals surface area contributed by atoms with Gasteiger partial charge in [-0.2, -0.15) is 0 Å². The molecule has 0 saturated heterocycles. The van der Waals surface area contributed by atoms with Crippen molar-refractivity contribution in [2.45, 2.75) is 31.1 Å². The Morgan fingerprint density at radius 1 is 1.21 bits per heavy atom. The largest absolute Gasteiger partial charge is 0.481 e. The van der Waals surface area contributed by atoms with Crippen LogP contribution in [0.1, 0.15) is 25.3 Å². The monoisotopic (exact) mass is 495 g/mol. The summed E-state index contributed by atoms with van der Waals surface area (Å²) in [5.74, 6) is -1.25. The molecular formula is C23H24ClF2N3O3S.